The van der Waals surface area contributed by atoms with Crippen LogP contribution in [0.1, 0.15) is 74.6 Å². The Labute approximate surface area is 173 Å². The molecule has 2 rings (SSSR count). The molecule has 1 radical (unpaired) electrons. The van der Waals surface area contributed by atoms with Crippen LogP contribution < -0.4 is 5.32 Å². The average molecular weight is 399 g/mol. The Morgan fingerprint density at radius 3 is 2.45 bits per heavy atom. The van der Waals surface area contributed by atoms with Crippen LogP contribution in [0.2, 0.25) is 0 Å². The van der Waals surface area contributed by atoms with Gasteiger partial charge in [-0.1, -0.05) is 39.0 Å². The normalized spacial score (nSPS) is 13.8. The molecular formula is C23H32N3O3. The lowest BCUT2D eigenvalue weighted by Crippen LogP contribution is -2.48. The largest absolute Gasteiger partial charge is 0.444 e. The number of ether oxygens (including phenoxy) is 1. The van der Waals surface area contributed by atoms with Crippen molar-refractivity contribution in [2.75, 3.05) is 0 Å². The van der Waals surface area contributed by atoms with Crippen LogP contribution in [0.4, 0.5) is 4.79 Å². The topological polar surface area (TPSA) is 73.2 Å². The number of carbonyl (C=O) groups excluding carboxylic acids is 2. The Kier molecular flexibility index (Phi) is 6.88. The second-order valence-electron chi connectivity index (χ2n) is 8.77. The molecule has 1 heterocycles. The van der Waals surface area contributed by atoms with Gasteiger partial charge in [-0.15, -0.1) is 0 Å². The summed E-state index contributed by atoms with van der Waals surface area (Å²) < 4.78 is 6.74. The zero-order chi connectivity index (χ0) is 21.9. The van der Waals surface area contributed by atoms with Gasteiger partial charge in [0.2, 0.25) is 0 Å². The molecule has 0 aliphatic carbocycles. The highest BCUT2D eigenvalue weighted by Crippen LogP contribution is 2.27. The number of carbonyl (C=O) groups is 2. The first-order valence-corrected chi connectivity index (χ1v) is 9.89. The standard InChI is InChI=1S/C23H32N3O3/c1-14(2)20(25-22(28)29-23(6,7)8)21(27)26-12-19(24-13-26)17(5)18-11-9-10-15(3)16(18)4/h9-14,17,20H,3H2,1-2,4-8H3,(H,25,28)/t17-,20?/m0/s1. The van der Waals surface area contributed by atoms with Crippen molar-refractivity contribution in [2.24, 2.45) is 5.92 Å². The van der Waals surface area contributed by atoms with E-state index in [1.807, 2.05) is 32.9 Å². The van der Waals surface area contributed by atoms with Crippen LogP contribution in [0.5, 0.6) is 0 Å². The van der Waals surface area contributed by atoms with Gasteiger partial charge in [0.15, 0.2) is 0 Å². The quantitative estimate of drug-likeness (QED) is 0.791. The van der Waals surface area contributed by atoms with E-state index >= 15 is 0 Å². The molecule has 2 atom stereocenters. The highest BCUT2D eigenvalue weighted by atomic mass is 16.6. The smallest absolute Gasteiger partial charge is 0.408 e. The summed E-state index contributed by atoms with van der Waals surface area (Å²) in [6.07, 6.45) is 2.62. The Balaban J connectivity index is 2.21. The molecule has 1 aromatic heterocycles. The maximum atomic E-state index is 13.0. The molecule has 1 amide bonds. The van der Waals surface area contributed by atoms with Gasteiger partial charge in [-0.25, -0.2) is 9.78 Å². The average Bonchev–Trinajstić information content (AvgIpc) is 3.09. The first kappa shape index (κ1) is 22.7. The van der Waals surface area contributed by atoms with E-state index in [9.17, 15) is 9.59 Å². The predicted octanol–water partition coefficient (Wildman–Crippen LogP) is 4.72. The number of rotatable bonds is 5. The van der Waals surface area contributed by atoms with Crippen molar-refractivity contribution in [3.63, 3.8) is 0 Å². The van der Waals surface area contributed by atoms with Crippen molar-refractivity contribution >= 4 is 12.0 Å². The molecule has 2 aromatic rings. The molecule has 0 saturated carbocycles. The van der Waals surface area contributed by atoms with E-state index < -0.39 is 17.7 Å². The van der Waals surface area contributed by atoms with Crippen molar-refractivity contribution in [1.82, 2.24) is 14.9 Å². The second-order valence-corrected chi connectivity index (χ2v) is 8.77. The zero-order valence-electron chi connectivity index (χ0n) is 18.4. The van der Waals surface area contributed by atoms with Crippen LogP contribution in [-0.2, 0) is 4.74 Å². The number of aromatic nitrogens is 2. The minimum Gasteiger partial charge on any atom is -0.444 e. The van der Waals surface area contributed by atoms with Crippen molar-refractivity contribution in [3.8, 4) is 0 Å². The summed E-state index contributed by atoms with van der Waals surface area (Å²) in [7, 11) is 0. The maximum Gasteiger partial charge on any atom is 0.408 e. The summed E-state index contributed by atoms with van der Waals surface area (Å²) in [4.78, 5) is 29.6. The SMILES string of the molecule is [CH2]c1cccc([C@H](C)c2cn(C(=O)C(NC(=O)OC(C)(C)C)C(C)C)cn2)c1C. The summed E-state index contributed by atoms with van der Waals surface area (Å²) in [6, 6.07) is 5.29. The van der Waals surface area contributed by atoms with Gasteiger partial charge in [0.25, 0.3) is 5.91 Å². The fourth-order valence-electron chi connectivity index (χ4n) is 3.12. The summed E-state index contributed by atoms with van der Waals surface area (Å²) in [5, 5.41) is 2.69. The Bertz CT molecular complexity index is 878. The third-order valence-corrected chi connectivity index (χ3v) is 4.86. The molecule has 6 heteroatoms. The first-order chi connectivity index (χ1) is 13.4. The molecule has 0 bridgehead atoms. The predicted molar refractivity (Wildman–Crippen MR) is 114 cm³/mol. The monoisotopic (exact) mass is 398 g/mol. The van der Waals surface area contributed by atoms with Crippen molar-refractivity contribution in [1.29, 1.82) is 0 Å². The summed E-state index contributed by atoms with van der Waals surface area (Å²) in [5.74, 6) is -0.343. The molecule has 1 N–H and O–H groups in total. The molecule has 29 heavy (non-hydrogen) atoms. The third-order valence-electron chi connectivity index (χ3n) is 4.86. The molecular weight excluding hydrogens is 366 g/mol. The van der Waals surface area contributed by atoms with Gasteiger partial charge in [0.05, 0.1) is 5.69 Å². The summed E-state index contributed by atoms with van der Waals surface area (Å²) >= 11 is 0. The van der Waals surface area contributed by atoms with Crippen molar-refractivity contribution in [2.45, 2.75) is 66.0 Å². The maximum absolute atomic E-state index is 13.0. The van der Waals surface area contributed by atoms with Gasteiger partial charge in [-0.3, -0.25) is 9.36 Å². The number of amides is 1. The van der Waals surface area contributed by atoms with E-state index in [2.05, 4.69) is 30.2 Å². The van der Waals surface area contributed by atoms with Gasteiger partial charge in [-0.2, -0.15) is 0 Å². The minimum atomic E-state index is -0.716. The van der Waals surface area contributed by atoms with Crippen molar-refractivity contribution < 1.29 is 14.3 Å². The van der Waals surface area contributed by atoms with Crippen LogP contribution in [-0.4, -0.2) is 33.2 Å². The van der Waals surface area contributed by atoms with E-state index in [1.54, 1.807) is 27.0 Å². The molecule has 0 spiro atoms. The number of nitrogens with one attached hydrogen (secondary N) is 1. The Morgan fingerprint density at radius 2 is 1.86 bits per heavy atom. The Morgan fingerprint density at radius 1 is 1.21 bits per heavy atom. The number of nitrogens with zero attached hydrogens (tertiary/aromatic N) is 2. The van der Waals surface area contributed by atoms with Crippen LogP contribution in [0, 0.1) is 19.8 Å². The number of hydrogen-bond acceptors (Lipinski definition) is 4. The highest BCUT2D eigenvalue weighted by Gasteiger charge is 2.28. The second kappa shape index (κ2) is 8.80. The lowest BCUT2D eigenvalue weighted by Gasteiger charge is -2.25. The summed E-state index contributed by atoms with van der Waals surface area (Å²) in [6.45, 7) is 17.3. The zero-order valence-corrected chi connectivity index (χ0v) is 18.4. The Hall–Kier alpha value is -2.63. The van der Waals surface area contributed by atoms with E-state index in [0.717, 1.165) is 22.4 Å². The van der Waals surface area contributed by atoms with Gasteiger partial charge < -0.3 is 10.1 Å². The number of benzene rings is 1. The fourth-order valence-corrected chi connectivity index (χ4v) is 3.12. The van der Waals surface area contributed by atoms with Crippen molar-refractivity contribution in [3.05, 3.63) is 60.0 Å². The van der Waals surface area contributed by atoms with Gasteiger partial charge >= 0.3 is 6.09 Å². The molecule has 157 valence electrons. The minimum absolute atomic E-state index is 0.0158. The van der Waals surface area contributed by atoms with Gasteiger partial charge in [0, 0.05) is 12.1 Å². The number of hydrogen-bond donors (Lipinski definition) is 1. The molecule has 0 aliphatic rings. The number of imidazole rings is 1. The van der Waals surface area contributed by atoms with Gasteiger partial charge in [-0.05, 0) is 57.2 Å². The van der Waals surface area contributed by atoms with Crippen LogP contribution in [0.3, 0.4) is 0 Å². The molecule has 0 saturated heterocycles. The van der Waals surface area contributed by atoms with E-state index in [0.29, 0.717) is 0 Å². The third kappa shape index (κ3) is 5.68. The molecule has 1 aromatic carbocycles. The lowest BCUT2D eigenvalue weighted by atomic mass is 9.92. The van der Waals surface area contributed by atoms with E-state index in [4.69, 9.17) is 4.74 Å². The molecule has 6 nitrogen and oxygen atoms in total. The molecule has 0 fully saturated rings. The lowest BCUT2D eigenvalue weighted by molar-refractivity contribution is 0.0464. The van der Waals surface area contributed by atoms with Gasteiger partial charge in [0.1, 0.15) is 18.0 Å². The van der Waals surface area contributed by atoms with E-state index in [1.165, 1.54) is 10.9 Å². The van der Waals surface area contributed by atoms with Crippen LogP contribution in [0.15, 0.2) is 30.7 Å². The van der Waals surface area contributed by atoms with Crippen LogP contribution >= 0.6 is 0 Å². The highest BCUT2D eigenvalue weighted by molar-refractivity contribution is 5.87. The number of alkyl carbamates (subject to hydrolysis) is 1. The first-order valence-electron chi connectivity index (χ1n) is 9.89. The summed E-state index contributed by atoms with van der Waals surface area (Å²) in [5.41, 5.74) is 3.38. The fraction of sp³-hybridized carbons (Fsp3) is 0.478. The van der Waals surface area contributed by atoms with Crippen LogP contribution in [0.25, 0.3) is 0 Å². The molecule has 1 unspecified atom stereocenters. The molecule has 0 aliphatic heterocycles. The van der Waals surface area contributed by atoms with E-state index in [-0.39, 0.29) is 17.7 Å².